The van der Waals surface area contributed by atoms with Gasteiger partial charge in [-0.05, 0) is 23.5 Å². The quantitative estimate of drug-likeness (QED) is 0.674. The van der Waals surface area contributed by atoms with E-state index in [4.69, 9.17) is 4.43 Å². The summed E-state index contributed by atoms with van der Waals surface area (Å²) in [6.07, 6.45) is 0.0853. The van der Waals surface area contributed by atoms with Gasteiger partial charge in [-0.3, -0.25) is 0 Å². The highest BCUT2D eigenvalue weighted by atomic mass is 28.2. The van der Waals surface area contributed by atoms with Crippen LogP contribution in [0.2, 0.25) is 0 Å². The Bertz CT molecular complexity index is 301. The second-order valence-electron chi connectivity index (χ2n) is 4.60. The smallest absolute Gasteiger partial charge is 0.247 e. The highest BCUT2D eigenvalue weighted by Gasteiger charge is 2.19. The molecule has 0 saturated heterocycles. The molecular weight excluding hydrogens is 188 g/mol. The van der Waals surface area contributed by atoms with Gasteiger partial charge in [-0.15, -0.1) is 0 Å². The average molecular weight is 205 g/mol. The van der Waals surface area contributed by atoms with Crippen molar-refractivity contribution < 1.29 is 4.43 Å². The number of hydrogen-bond acceptors (Lipinski definition) is 1. The molecule has 1 unspecified atom stereocenters. The first kappa shape index (κ1) is 11.5. The highest BCUT2D eigenvalue weighted by Crippen LogP contribution is 2.30. The third kappa shape index (κ3) is 2.46. The summed E-state index contributed by atoms with van der Waals surface area (Å²) in [7, 11) is 3.10. The van der Waals surface area contributed by atoms with Crippen LogP contribution in [0.4, 0.5) is 0 Å². The summed E-state index contributed by atoms with van der Waals surface area (Å²) >= 11 is 0. The van der Waals surface area contributed by atoms with Gasteiger partial charge >= 0.3 is 0 Å². The Morgan fingerprint density at radius 3 is 2.29 bits per heavy atom. The summed E-state index contributed by atoms with van der Waals surface area (Å²) in [6.45, 7) is 8.68. The maximum atomic E-state index is 5.18. The zero-order chi connectivity index (χ0) is 10.8. The lowest BCUT2D eigenvalue weighted by molar-refractivity contribution is 0.247. The zero-order valence-electron chi connectivity index (χ0n) is 9.29. The third-order valence-corrected chi connectivity index (χ3v) is 2.74. The molecule has 1 rings (SSSR count). The molecule has 0 amide bonds. The molecule has 0 aliphatic heterocycles. The van der Waals surface area contributed by atoms with E-state index in [0.717, 1.165) is 0 Å². The Balaban J connectivity index is 3.16. The first-order chi connectivity index (χ1) is 6.46. The summed E-state index contributed by atoms with van der Waals surface area (Å²) in [6, 6.07) is 8.40. The van der Waals surface area contributed by atoms with Crippen LogP contribution in [0, 0.1) is 0 Å². The van der Waals surface area contributed by atoms with Gasteiger partial charge in [0.25, 0.3) is 0 Å². The molecule has 1 aromatic rings. The molecular formula is C12H17OSi. The van der Waals surface area contributed by atoms with Crippen molar-refractivity contribution in [1.29, 1.82) is 0 Å². The van der Waals surface area contributed by atoms with Crippen molar-refractivity contribution in [3.63, 3.8) is 0 Å². The van der Waals surface area contributed by atoms with E-state index in [-0.39, 0.29) is 11.5 Å². The van der Waals surface area contributed by atoms with Gasteiger partial charge in [0, 0.05) is 0 Å². The molecule has 0 aromatic heterocycles. The Morgan fingerprint density at radius 2 is 1.79 bits per heavy atom. The van der Waals surface area contributed by atoms with E-state index >= 15 is 0 Å². The fourth-order valence-corrected chi connectivity index (χ4v) is 1.72. The van der Waals surface area contributed by atoms with Gasteiger partial charge in [0.05, 0.1) is 6.10 Å². The minimum atomic E-state index is 0.0853. The molecule has 2 heteroatoms. The van der Waals surface area contributed by atoms with E-state index in [2.05, 4.69) is 49.5 Å². The summed E-state index contributed by atoms with van der Waals surface area (Å²) in [5.41, 5.74) is 2.75. The van der Waals surface area contributed by atoms with Crippen molar-refractivity contribution in [3.05, 3.63) is 35.4 Å². The predicted octanol–water partition coefficient (Wildman–Crippen LogP) is 3.15. The Morgan fingerprint density at radius 1 is 1.21 bits per heavy atom. The zero-order valence-corrected chi connectivity index (χ0v) is 10.3. The van der Waals surface area contributed by atoms with Crippen LogP contribution in [-0.4, -0.2) is 10.5 Å². The molecule has 75 valence electrons. The second kappa shape index (κ2) is 4.28. The Labute approximate surface area is 90.0 Å². The molecule has 1 nitrogen and oxygen atoms in total. The van der Waals surface area contributed by atoms with Crippen LogP contribution in [0.25, 0.3) is 0 Å². The molecule has 1 aromatic carbocycles. The van der Waals surface area contributed by atoms with Gasteiger partial charge in [-0.2, -0.15) is 0 Å². The van der Waals surface area contributed by atoms with Crippen LogP contribution in [0.15, 0.2) is 24.3 Å². The third-order valence-electron chi connectivity index (χ3n) is 2.38. The van der Waals surface area contributed by atoms with Gasteiger partial charge in [-0.1, -0.05) is 45.0 Å². The molecule has 1 atom stereocenters. The molecule has 0 fully saturated rings. The molecule has 14 heavy (non-hydrogen) atoms. The lowest BCUT2D eigenvalue weighted by Crippen LogP contribution is -2.15. The van der Waals surface area contributed by atoms with E-state index in [1.54, 1.807) is 0 Å². The number of hydrogen-bond donors (Lipinski definition) is 0. The van der Waals surface area contributed by atoms with E-state index < -0.39 is 0 Å². The van der Waals surface area contributed by atoms with Crippen molar-refractivity contribution in [1.82, 2.24) is 0 Å². The maximum Gasteiger partial charge on any atom is 0.247 e. The molecule has 0 heterocycles. The standard InChI is InChI=1S/C12H17OSi/c1-9(13-14)10-7-5-6-8-11(10)12(2,3)4/h5-9H,1-4H3. The van der Waals surface area contributed by atoms with Crippen molar-refractivity contribution in [2.45, 2.75) is 39.2 Å². The van der Waals surface area contributed by atoms with Gasteiger partial charge in [0.2, 0.25) is 10.5 Å². The molecule has 0 spiro atoms. The van der Waals surface area contributed by atoms with Crippen LogP contribution in [-0.2, 0) is 9.84 Å². The summed E-state index contributed by atoms with van der Waals surface area (Å²) in [4.78, 5) is 0. The van der Waals surface area contributed by atoms with Gasteiger partial charge in [0.1, 0.15) is 0 Å². The normalized spacial score (nSPS) is 14.1. The van der Waals surface area contributed by atoms with Gasteiger partial charge in [-0.25, -0.2) is 0 Å². The van der Waals surface area contributed by atoms with Crippen molar-refractivity contribution in [2.24, 2.45) is 0 Å². The fourth-order valence-electron chi connectivity index (χ4n) is 1.60. The SMILES string of the molecule is CC(O[Si])c1ccccc1C(C)(C)C. The van der Waals surface area contributed by atoms with Crippen LogP contribution in [0.5, 0.6) is 0 Å². The molecule has 0 aliphatic rings. The highest BCUT2D eigenvalue weighted by molar-refractivity contribution is 5.98. The van der Waals surface area contributed by atoms with E-state index in [1.165, 1.54) is 11.1 Å². The first-order valence-electron chi connectivity index (χ1n) is 4.88. The second-order valence-corrected chi connectivity index (χ2v) is 4.83. The number of rotatable bonds is 2. The lowest BCUT2D eigenvalue weighted by Gasteiger charge is -2.25. The maximum absolute atomic E-state index is 5.18. The Kier molecular flexibility index (Phi) is 3.51. The van der Waals surface area contributed by atoms with Crippen LogP contribution in [0.3, 0.4) is 0 Å². The molecule has 0 aliphatic carbocycles. The minimum Gasteiger partial charge on any atom is -0.412 e. The van der Waals surface area contributed by atoms with Crippen LogP contribution >= 0.6 is 0 Å². The van der Waals surface area contributed by atoms with E-state index in [1.807, 2.05) is 13.0 Å². The summed E-state index contributed by atoms with van der Waals surface area (Å²) in [5.74, 6) is 0. The van der Waals surface area contributed by atoms with Gasteiger partial charge in [0.15, 0.2) is 0 Å². The summed E-state index contributed by atoms with van der Waals surface area (Å²) in [5, 5.41) is 0. The largest absolute Gasteiger partial charge is 0.412 e. The van der Waals surface area contributed by atoms with Gasteiger partial charge < -0.3 is 4.43 Å². The van der Waals surface area contributed by atoms with Crippen molar-refractivity contribution in [3.8, 4) is 0 Å². The molecule has 0 saturated carbocycles. The topological polar surface area (TPSA) is 9.23 Å². The monoisotopic (exact) mass is 205 g/mol. The number of benzene rings is 1. The minimum absolute atomic E-state index is 0.0853. The van der Waals surface area contributed by atoms with Crippen LogP contribution < -0.4 is 0 Å². The fraction of sp³-hybridized carbons (Fsp3) is 0.500. The molecule has 0 bridgehead atoms. The average Bonchev–Trinajstić information content (AvgIpc) is 2.15. The molecule has 0 N–H and O–H groups in total. The predicted molar refractivity (Wildman–Crippen MR) is 60.4 cm³/mol. The van der Waals surface area contributed by atoms with E-state index in [0.29, 0.717) is 0 Å². The first-order valence-corrected chi connectivity index (χ1v) is 5.29. The lowest BCUT2D eigenvalue weighted by atomic mass is 9.82. The summed E-state index contributed by atoms with van der Waals surface area (Å²) < 4.78 is 5.18. The van der Waals surface area contributed by atoms with Crippen LogP contribution in [0.1, 0.15) is 44.9 Å². The molecule has 3 radical (unpaired) electrons. The van der Waals surface area contributed by atoms with Crippen molar-refractivity contribution >= 4 is 10.5 Å². The van der Waals surface area contributed by atoms with E-state index in [9.17, 15) is 0 Å². The van der Waals surface area contributed by atoms with Crippen molar-refractivity contribution in [2.75, 3.05) is 0 Å². The Hall–Kier alpha value is -0.603.